The monoisotopic (exact) mass is 234 g/mol. The molecule has 3 nitrogen and oxygen atoms in total. The van der Waals surface area contributed by atoms with Crippen molar-refractivity contribution in [2.45, 2.75) is 25.4 Å². The Bertz CT molecular complexity index is 442. The lowest BCUT2D eigenvalue weighted by atomic mass is 10.1. The molecule has 0 amide bonds. The average molecular weight is 234 g/mol. The molecule has 0 bridgehead atoms. The predicted octanol–water partition coefficient (Wildman–Crippen LogP) is 2.20. The summed E-state index contributed by atoms with van der Waals surface area (Å²) >= 11 is 0. The zero-order valence-electron chi connectivity index (χ0n) is 9.53. The number of hydrogen-bond donors (Lipinski definition) is 1. The molecule has 1 aromatic carbocycles. The third-order valence-corrected chi connectivity index (χ3v) is 3.23. The van der Waals surface area contributed by atoms with Crippen LogP contribution in [0.1, 0.15) is 24.8 Å². The molecular weight excluding hydrogens is 219 g/mol. The quantitative estimate of drug-likeness (QED) is 0.872. The third kappa shape index (κ3) is 2.56. The second-order valence-electron chi connectivity index (χ2n) is 4.34. The summed E-state index contributed by atoms with van der Waals surface area (Å²) in [6, 6.07) is 6.16. The van der Waals surface area contributed by atoms with Crippen molar-refractivity contribution in [2.24, 2.45) is 11.7 Å². The Morgan fingerprint density at radius 3 is 2.94 bits per heavy atom. The maximum Gasteiger partial charge on any atom is 0.166 e. The van der Waals surface area contributed by atoms with E-state index in [0.29, 0.717) is 18.0 Å². The number of benzene rings is 1. The highest BCUT2D eigenvalue weighted by molar-refractivity contribution is 5.36. The number of ether oxygens (including phenoxy) is 1. The molecule has 0 aliphatic heterocycles. The highest BCUT2D eigenvalue weighted by Gasteiger charge is 2.28. The summed E-state index contributed by atoms with van der Waals surface area (Å²) in [6.07, 6.45) is 3.03. The van der Waals surface area contributed by atoms with Crippen LogP contribution in [-0.2, 0) is 0 Å². The van der Waals surface area contributed by atoms with Crippen molar-refractivity contribution in [3.63, 3.8) is 0 Å². The Labute approximate surface area is 100.0 Å². The van der Waals surface area contributed by atoms with Gasteiger partial charge in [-0.1, -0.05) is 0 Å². The zero-order chi connectivity index (χ0) is 12.3. The molecule has 4 heteroatoms. The van der Waals surface area contributed by atoms with Crippen LogP contribution >= 0.6 is 0 Å². The van der Waals surface area contributed by atoms with Crippen LogP contribution in [0, 0.1) is 23.1 Å². The number of nitriles is 1. The van der Waals surface area contributed by atoms with Gasteiger partial charge in [-0.05, 0) is 44.0 Å². The van der Waals surface area contributed by atoms with Gasteiger partial charge in [0.05, 0.1) is 11.6 Å². The minimum atomic E-state index is -0.480. The van der Waals surface area contributed by atoms with Crippen LogP contribution in [0.2, 0.25) is 0 Å². The SMILES string of the molecule is N#Cc1ccc(OC2CCCC2CN)c(F)c1. The van der Waals surface area contributed by atoms with Crippen LogP contribution in [0.25, 0.3) is 0 Å². The van der Waals surface area contributed by atoms with Gasteiger partial charge in [-0.15, -0.1) is 0 Å². The minimum Gasteiger partial charge on any atom is -0.487 e. The van der Waals surface area contributed by atoms with Crippen molar-refractivity contribution in [3.05, 3.63) is 29.6 Å². The fourth-order valence-corrected chi connectivity index (χ4v) is 2.26. The highest BCUT2D eigenvalue weighted by atomic mass is 19.1. The van der Waals surface area contributed by atoms with Crippen molar-refractivity contribution in [1.29, 1.82) is 5.26 Å². The summed E-state index contributed by atoms with van der Waals surface area (Å²) in [6.45, 7) is 0.572. The summed E-state index contributed by atoms with van der Waals surface area (Å²) in [5.41, 5.74) is 5.95. The molecule has 90 valence electrons. The summed E-state index contributed by atoms with van der Waals surface area (Å²) in [7, 11) is 0. The van der Waals surface area contributed by atoms with Gasteiger partial charge in [0.25, 0.3) is 0 Å². The molecular formula is C13H15FN2O. The average Bonchev–Trinajstić information content (AvgIpc) is 2.79. The molecule has 0 heterocycles. The smallest absolute Gasteiger partial charge is 0.166 e. The van der Waals surface area contributed by atoms with Gasteiger partial charge in [0, 0.05) is 5.92 Å². The van der Waals surface area contributed by atoms with E-state index in [4.69, 9.17) is 15.7 Å². The van der Waals surface area contributed by atoms with Crippen molar-refractivity contribution in [2.75, 3.05) is 6.54 Å². The first-order chi connectivity index (χ1) is 8.24. The molecule has 1 aliphatic carbocycles. The van der Waals surface area contributed by atoms with Gasteiger partial charge in [0.15, 0.2) is 11.6 Å². The second-order valence-corrected chi connectivity index (χ2v) is 4.34. The lowest BCUT2D eigenvalue weighted by Gasteiger charge is -2.20. The summed E-state index contributed by atoms with van der Waals surface area (Å²) < 4.78 is 19.3. The number of rotatable bonds is 3. The van der Waals surface area contributed by atoms with E-state index in [2.05, 4.69) is 0 Å². The Kier molecular flexibility index (Phi) is 3.60. The number of nitrogens with zero attached hydrogens (tertiary/aromatic N) is 1. The van der Waals surface area contributed by atoms with Crippen molar-refractivity contribution in [3.8, 4) is 11.8 Å². The van der Waals surface area contributed by atoms with Crippen molar-refractivity contribution < 1.29 is 9.13 Å². The van der Waals surface area contributed by atoms with E-state index >= 15 is 0 Å². The van der Waals surface area contributed by atoms with Gasteiger partial charge in [-0.2, -0.15) is 5.26 Å². The van der Waals surface area contributed by atoms with Gasteiger partial charge in [-0.25, -0.2) is 4.39 Å². The largest absolute Gasteiger partial charge is 0.487 e. The lowest BCUT2D eigenvalue weighted by molar-refractivity contribution is 0.155. The Morgan fingerprint density at radius 2 is 2.29 bits per heavy atom. The van der Waals surface area contributed by atoms with Crippen LogP contribution in [0.4, 0.5) is 4.39 Å². The Morgan fingerprint density at radius 1 is 1.47 bits per heavy atom. The van der Waals surface area contributed by atoms with Crippen LogP contribution in [0.3, 0.4) is 0 Å². The maximum atomic E-state index is 13.6. The number of halogens is 1. The molecule has 0 radical (unpaired) electrons. The van der Waals surface area contributed by atoms with Crippen molar-refractivity contribution >= 4 is 0 Å². The standard InChI is InChI=1S/C13H15FN2O/c14-11-6-9(7-15)4-5-13(11)17-12-3-1-2-10(12)8-16/h4-6,10,12H,1-3,8,16H2. The lowest BCUT2D eigenvalue weighted by Crippen LogP contribution is -2.27. The maximum absolute atomic E-state index is 13.6. The molecule has 1 aliphatic rings. The predicted molar refractivity (Wildman–Crippen MR) is 61.9 cm³/mol. The first kappa shape index (κ1) is 11.9. The zero-order valence-corrected chi connectivity index (χ0v) is 9.53. The molecule has 2 N–H and O–H groups in total. The van der Waals surface area contributed by atoms with Gasteiger partial charge in [-0.3, -0.25) is 0 Å². The van der Waals surface area contributed by atoms with Crippen LogP contribution in [-0.4, -0.2) is 12.6 Å². The van der Waals surface area contributed by atoms with E-state index in [-0.39, 0.29) is 11.9 Å². The van der Waals surface area contributed by atoms with E-state index in [9.17, 15) is 4.39 Å². The van der Waals surface area contributed by atoms with E-state index in [1.807, 2.05) is 6.07 Å². The summed E-state index contributed by atoms with van der Waals surface area (Å²) in [4.78, 5) is 0. The first-order valence-electron chi connectivity index (χ1n) is 5.81. The fourth-order valence-electron chi connectivity index (χ4n) is 2.26. The Balaban J connectivity index is 2.11. The number of nitrogens with two attached hydrogens (primary N) is 1. The normalized spacial score (nSPS) is 23.4. The van der Waals surface area contributed by atoms with Gasteiger partial charge in [0.1, 0.15) is 6.10 Å². The van der Waals surface area contributed by atoms with Crippen LogP contribution < -0.4 is 10.5 Å². The highest BCUT2D eigenvalue weighted by Crippen LogP contribution is 2.30. The molecule has 2 unspecified atom stereocenters. The van der Waals surface area contributed by atoms with E-state index in [1.54, 1.807) is 6.07 Å². The number of hydrogen-bond acceptors (Lipinski definition) is 3. The Hall–Kier alpha value is -1.60. The van der Waals surface area contributed by atoms with Gasteiger partial charge in [0.2, 0.25) is 0 Å². The second kappa shape index (κ2) is 5.15. The summed E-state index contributed by atoms with van der Waals surface area (Å²) in [5, 5.41) is 8.64. The topological polar surface area (TPSA) is 59.0 Å². The molecule has 17 heavy (non-hydrogen) atoms. The third-order valence-electron chi connectivity index (χ3n) is 3.23. The molecule has 0 saturated heterocycles. The fraction of sp³-hybridized carbons (Fsp3) is 0.462. The molecule has 1 saturated carbocycles. The molecule has 0 aromatic heterocycles. The molecule has 1 fully saturated rings. The first-order valence-corrected chi connectivity index (χ1v) is 5.81. The molecule has 2 rings (SSSR count). The van der Waals surface area contributed by atoms with E-state index in [1.165, 1.54) is 12.1 Å². The van der Waals surface area contributed by atoms with E-state index < -0.39 is 5.82 Å². The van der Waals surface area contributed by atoms with Gasteiger partial charge < -0.3 is 10.5 Å². The van der Waals surface area contributed by atoms with Crippen molar-refractivity contribution in [1.82, 2.24) is 0 Å². The summed E-state index contributed by atoms with van der Waals surface area (Å²) in [5.74, 6) is 0.0473. The molecule has 0 spiro atoms. The molecule has 1 aromatic rings. The van der Waals surface area contributed by atoms with Gasteiger partial charge >= 0.3 is 0 Å². The van der Waals surface area contributed by atoms with Crippen LogP contribution in [0.5, 0.6) is 5.75 Å². The molecule has 2 atom stereocenters. The van der Waals surface area contributed by atoms with Crippen LogP contribution in [0.15, 0.2) is 18.2 Å². The minimum absolute atomic E-state index is 0.00226. The van der Waals surface area contributed by atoms with E-state index in [0.717, 1.165) is 19.3 Å².